The number of aryl methyl sites for hydroxylation is 1. The third-order valence-electron chi connectivity index (χ3n) is 3.68. The molecular formula is C18H14N2O3. The summed E-state index contributed by atoms with van der Waals surface area (Å²) in [6.07, 6.45) is 1.85. The third kappa shape index (κ3) is 2.57. The molecule has 0 fully saturated rings. The van der Waals surface area contributed by atoms with Crippen molar-refractivity contribution >= 4 is 28.8 Å². The molecule has 5 nitrogen and oxygen atoms in total. The van der Waals surface area contributed by atoms with Crippen LogP contribution in [0.1, 0.15) is 11.5 Å². The molecule has 1 N–H and O–H groups in total. The van der Waals surface area contributed by atoms with Gasteiger partial charge < -0.3 is 14.5 Å². The number of aromatic nitrogens is 1. The number of oxazole rings is 1. The van der Waals surface area contributed by atoms with Crippen LogP contribution in [0.5, 0.6) is 5.75 Å². The van der Waals surface area contributed by atoms with E-state index in [4.69, 9.17) is 9.15 Å². The number of carbonyl (C=O) groups is 1. The Labute approximate surface area is 132 Å². The molecule has 4 rings (SSSR count). The average Bonchev–Trinajstić information content (AvgIpc) is 2.93. The van der Waals surface area contributed by atoms with Gasteiger partial charge in [0.2, 0.25) is 0 Å². The summed E-state index contributed by atoms with van der Waals surface area (Å²) in [5, 5.41) is 2.87. The van der Waals surface area contributed by atoms with E-state index in [0.29, 0.717) is 22.7 Å². The fourth-order valence-corrected chi connectivity index (χ4v) is 2.58. The second kappa shape index (κ2) is 5.28. The highest BCUT2D eigenvalue weighted by molar-refractivity contribution is 6.08. The minimum Gasteiger partial charge on any atom is -0.488 e. The molecule has 2 heterocycles. The quantitative estimate of drug-likeness (QED) is 0.786. The number of fused-ring (bicyclic) bond motifs is 2. The second-order valence-electron chi connectivity index (χ2n) is 5.37. The lowest BCUT2D eigenvalue weighted by Crippen LogP contribution is -2.21. The lowest BCUT2D eigenvalue weighted by atomic mass is 10.1. The van der Waals surface area contributed by atoms with Gasteiger partial charge in [-0.05, 0) is 30.3 Å². The summed E-state index contributed by atoms with van der Waals surface area (Å²) in [6, 6.07) is 13.0. The number of anilines is 1. The van der Waals surface area contributed by atoms with Crippen LogP contribution in [0.15, 0.2) is 52.5 Å². The van der Waals surface area contributed by atoms with Crippen LogP contribution < -0.4 is 10.1 Å². The van der Waals surface area contributed by atoms with E-state index in [0.717, 1.165) is 16.8 Å². The predicted molar refractivity (Wildman–Crippen MR) is 87.3 cm³/mol. The smallest absolute Gasteiger partial charge is 0.255 e. The van der Waals surface area contributed by atoms with Gasteiger partial charge in [0.25, 0.3) is 5.91 Å². The van der Waals surface area contributed by atoms with Gasteiger partial charge >= 0.3 is 0 Å². The topological polar surface area (TPSA) is 64.4 Å². The summed E-state index contributed by atoms with van der Waals surface area (Å²) in [7, 11) is 0. The SMILES string of the molecule is Cc1nc2cc(NC(=O)C3=Cc4ccccc4OC3)ccc2o1. The molecule has 1 aliphatic heterocycles. The molecule has 0 atom stereocenters. The number of para-hydroxylation sites is 1. The number of hydrogen-bond acceptors (Lipinski definition) is 4. The van der Waals surface area contributed by atoms with E-state index in [-0.39, 0.29) is 12.5 Å². The third-order valence-corrected chi connectivity index (χ3v) is 3.68. The van der Waals surface area contributed by atoms with E-state index < -0.39 is 0 Å². The van der Waals surface area contributed by atoms with E-state index in [2.05, 4.69) is 10.3 Å². The number of hydrogen-bond donors (Lipinski definition) is 1. The molecule has 2 aromatic carbocycles. The van der Waals surface area contributed by atoms with Gasteiger partial charge in [-0.15, -0.1) is 0 Å². The van der Waals surface area contributed by atoms with Crippen LogP contribution in [0.25, 0.3) is 17.2 Å². The molecule has 1 aliphatic rings. The van der Waals surface area contributed by atoms with Crippen molar-refractivity contribution in [3.8, 4) is 5.75 Å². The molecule has 23 heavy (non-hydrogen) atoms. The van der Waals surface area contributed by atoms with Gasteiger partial charge in [-0.3, -0.25) is 4.79 Å². The van der Waals surface area contributed by atoms with Crippen LogP contribution in [0.2, 0.25) is 0 Å². The molecule has 3 aromatic rings. The zero-order chi connectivity index (χ0) is 15.8. The molecule has 0 unspecified atom stereocenters. The summed E-state index contributed by atoms with van der Waals surface area (Å²) in [4.78, 5) is 16.7. The molecule has 114 valence electrons. The highest BCUT2D eigenvalue weighted by Crippen LogP contribution is 2.26. The van der Waals surface area contributed by atoms with Crippen LogP contribution in [-0.2, 0) is 4.79 Å². The molecular weight excluding hydrogens is 292 g/mol. The van der Waals surface area contributed by atoms with Crippen LogP contribution in [0.3, 0.4) is 0 Å². The zero-order valence-electron chi connectivity index (χ0n) is 12.5. The summed E-state index contributed by atoms with van der Waals surface area (Å²) < 4.78 is 11.0. The van der Waals surface area contributed by atoms with Crippen LogP contribution in [-0.4, -0.2) is 17.5 Å². The number of rotatable bonds is 2. The fraction of sp³-hybridized carbons (Fsp3) is 0.111. The largest absolute Gasteiger partial charge is 0.488 e. The number of nitrogens with zero attached hydrogens (tertiary/aromatic N) is 1. The Balaban J connectivity index is 1.58. The van der Waals surface area contributed by atoms with E-state index in [1.807, 2.05) is 30.3 Å². The Morgan fingerprint density at radius 2 is 2.09 bits per heavy atom. The fourth-order valence-electron chi connectivity index (χ4n) is 2.58. The Bertz CT molecular complexity index is 940. The summed E-state index contributed by atoms with van der Waals surface area (Å²) in [5.41, 5.74) is 3.59. The zero-order valence-corrected chi connectivity index (χ0v) is 12.5. The molecule has 1 aromatic heterocycles. The lowest BCUT2D eigenvalue weighted by molar-refractivity contribution is -0.113. The molecule has 0 saturated carbocycles. The van der Waals surface area contributed by atoms with E-state index in [1.54, 1.807) is 25.1 Å². The monoisotopic (exact) mass is 306 g/mol. The summed E-state index contributed by atoms with van der Waals surface area (Å²) in [5.74, 6) is 1.21. The van der Waals surface area contributed by atoms with Gasteiger partial charge in [-0.1, -0.05) is 18.2 Å². The number of nitrogens with one attached hydrogen (secondary N) is 1. The van der Waals surface area contributed by atoms with Crippen molar-refractivity contribution in [1.82, 2.24) is 4.98 Å². The first-order valence-electron chi connectivity index (χ1n) is 7.30. The van der Waals surface area contributed by atoms with Gasteiger partial charge in [0, 0.05) is 18.2 Å². The average molecular weight is 306 g/mol. The normalized spacial score (nSPS) is 13.2. The van der Waals surface area contributed by atoms with Gasteiger partial charge in [0.15, 0.2) is 11.5 Å². The number of carbonyl (C=O) groups excluding carboxylic acids is 1. The van der Waals surface area contributed by atoms with Crippen molar-refractivity contribution in [2.24, 2.45) is 0 Å². The standard InChI is InChI=1S/C18H14N2O3/c1-11-19-15-9-14(6-7-17(15)23-11)20-18(21)13-8-12-4-2-3-5-16(12)22-10-13/h2-9H,10H2,1H3,(H,20,21). The molecule has 0 aliphatic carbocycles. The van der Waals surface area contributed by atoms with Crippen molar-refractivity contribution in [3.05, 3.63) is 59.5 Å². The summed E-state index contributed by atoms with van der Waals surface area (Å²) >= 11 is 0. The second-order valence-corrected chi connectivity index (χ2v) is 5.37. The van der Waals surface area contributed by atoms with Crippen LogP contribution in [0.4, 0.5) is 5.69 Å². The first-order chi connectivity index (χ1) is 11.2. The van der Waals surface area contributed by atoms with Crippen LogP contribution in [0, 0.1) is 6.92 Å². The predicted octanol–water partition coefficient (Wildman–Crippen LogP) is 3.55. The molecule has 0 spiro atoms. The Morgan fingerprint density at radius 1 is 1.22 bits per heavy atom. The number of ether oxygens (including phenoxy) is 1. The van der Waals surface area contributed by atoms with E-state index >= 15 is 0 Å². The van der Waals surface area contributed by atoms with Crippen LogP contribution >= 0.6 is 0 Å². The van der Waals surface area contributed by atoms with E-state index in [1.165, 1.54) is 0 Å². The maximum absolute atomic E-state index is 12.4. The molecule has 0 bridgehead atoms. The van der Waals surface area contributed by atoms with Crippen molar-refractivity contribution in [2.45, 2.75) is 6.92 Å². The maximum Gasteiger partial charge on any atom is 0.255 e. The highest BCUT2D eigenvalue weighted by atomic mass is 16.5. The minimum absolute atomic E-state index is 0.181. The van der Waals surface area contributed by atoms with Gasteiger partial charge in [-0.25, -0.2) is 4.98 Å². The Kier molecular flexibility index (Phi) is 3.12. The number of amides is 1. The Morgan fingerprint density at radius 3 is 3.00 bits per heavy atom. The molecule has 0 saturated heterocycles. The first-order valence-corrected chi connectivity index (χ1v) is 7.30. The molecule has 5 heteroatoms. The highest BCUT2D eigenvalue weighted by Gasteiger charge is 2.17. The van der Waals surface area contributed by atoms with Gasteiger partial charge in [-0.2, -0.15) is 0 Å². The number of benzene rings is 2. The Hall–Kier alpha value is -3.08. The minimum atomic E-state index is -0.181. The van der Waals surface area contributed by atoms with Crippen molar-refractivity contribution in [2.75, 3.05) is 11.9 Å². The first kappa shape index (κ1) is 13.6. The molecule has 1 amide bonds. The van der Waals surface area contributed by atoms with Gasteiger partial charge in [0.1, 0.15) is 17.9 Å². The van der Waals surface area contributed by atoms with Gasteiger partial charge in [0.05, 0.1) is 5.57 Å². The van der Waals surface area contributed by atoms with E-state index in [9.17, 15) is 4.79 Å². The van der Waals surface area contributed by atoms with Crippen molar-refractivity contribution in [3.63, 3.8) is 0 Å². The molecule has 0 radical (unpaired) electrons. The lowest BCUT2D eigenvalue weighted by Gasteiger charge is -2.17. The summed E-state index contributed by atoms with van der Waals surface area (Å²) in [6.45, 7) is 2.05. The maximum atomic E-state index is 12.4. The van der Waals surface area contributed by atoms with Crippen molar-refractivity contribution in [1.29, 1.82) is 0 Å². The van der Waals surface area contributed by atoms with Crippen molar-refractivity contribution < 1.29 is 13.9 Å².